The summed E-state index contributed by atoms with van der Waals surface area (Å²) in [6.45, 7) is 5.77. The maximum absolute atomic E-state index is 11.9. The van der Waals surface area contributed by atoms with Gasteiger partial charge in [-0.3, -0.25) is 4.79 Å². The number of carbonyl (C=O) groups is 1. The molecule has 1 amide bonds. The third kappa shape index (κ3) is 4.52. The Balaban J connectivity index is 2.77. The lowest BCUT2D eigenvalue weighted by Crippen LogP contribution is -2.31. The van der Waals surface area contributed by atoms with Crippen LogP contribution in [0.2, 0.25) is 0 Å². The molecular weight excluding hydrogens is 238 g/mol. The van der Waals surface area contributed by atoms with Crippen LogP contribution in [0.1, 0.15) is 44.4 Å². The lowest BCUT2D eigenvalue weighted by atomic mass is 10.0. The molecule has 0 spiro atoms. The zero-order valence-electron chi connectivity index (χ0n) is 11.9. The molecule has 2 N–H and O–H groups in total. The van der Waals surface area contributed by atoms with Crippen LogP contribution < -0.4 is 5.32 Å². The third-order valence-corrected chi connectivity index (χ3v) is 3.15. The molecule has 104 valence electrons. The Kier molecular flexibility index (Phi) is 6.30. The van der Waals surface area contributed by atoms with Crippen LogP contribution in [0.5, 0.6) is 0 Å². The summed E-state index contributed by atoms with van der Waals surface area (Å²) in [6, 6.07) is 7.62. The molecule has 1 atom stereocenters. The fourth-order valence-corrected chi connectivity index (χ4v) is 1.89. The van der Waals surface area contributed by atoms with Gasteiger partial charge in [-0.2, -0.15) is 0 Å². The summed E-state index contributed by atoms with van der Waals surface area (Å²) in [4.78, 5) is 11.9. The zero-order valence-corrected chi connectivity index (χ0v) is 11.9. The molecule has 1 rings (SSSR count). The van der Waals surface area contributed by atoms with Gasteiger partial charge in [-0.1, -0.05) is 44.2 Å². The number of aryl methyl sites for hydroxylation is 1. The van der Waals surface area contributed by atoms with Gasteiger partial charge in [-0.15, -0.1) is 0 Å². The first-order valence-electron chi connectivity index (χ1n) is 6.79. The second kappa shape index (κ2) is 7.74. The maximum Gasteiger partial charge on any atom is 0.247 e. The van der Waals surface area contributed by atoms with Crippen LogP contribution in [0, 0.1) is 0 Å². The standard InChI is InChI=1S/C16H23NO2/c1-4-6-12(3)16(19)17-15(11-18)14-9-7-13(5-2)8-10-14/h6-10,15,18H,4-5,11H2,1-3H3,(H,17,19)/b12-6-. The first-order chi connectivity index (χ1) is 9.12. The van der Waals surface area contributed by atoms with Crippen molar-refractivity contribution in [3.05, 3.63) is 47.0 Å². The largest absolute Gasteiger partial charge is 0.394 e. The van der Waals surface area contributed by atoms with Crippen molar-refractivity contribution in [2.24, 2.45) is 0 Å². The molecule has 3 heteroatoms. The Hall–Kier alpha value is -1.61. The fraction of sp³-hybridized carbons (Fsp3) is 0.438. The molecule has 0 fully saturated rings. The molecule has 3 nitrogen and oxygen atoms in total. The predicted molar refractivity (Wildman–Crippen MR) is 77.8 cm³/mol. The van der Waals surface area contributed by atoms with Crippen molar-refractivity contribution in [2.45, 2.75) is 39.7 Å². The minimum Gasteiger partial charge on any atom is -0.394 e. The summed E-state index contributed by atoms with van der Waals surface area (Å²) in [5.41, 5.74) is 2.86. The monoisotopic (exact) mass is 261 g/mol. The number of rotatable bonds is 6. The Morgan fingerprint density at radius 3 is 2.42 bits per heavy atom. The van der Waals surface area contributed by atoms with Gasteiger partial charge in [0.25, 0.3) is 0 Å². The molecule has 0 saturated carbocycles. The number of aliphatic hydroxyl groups is 1. The van der Waals surface area contributed by atoms with Crippen molar-refractivity contribution in [2.75, 3.05) is 6.61 Å². The first kappa shape index (κ1) is 15.4. The molecule has 1 unspecified atom stereocenters. The minimum absolute atomic E-state index is 0.101. The summed E-state index contributed by atoms with van der Waals surface area (Å²) in [6.07, 6.45) is 3.69. The number of nitrogens with one attached hydrogen (secondary N) is 1. The van der Waals surface area contributed by atoms with E-state index in [0.717, 1.165) is 18.4 Å². The Labute approximate surface area is 115 Å². The molecule has 0 bridgehead atoms. The number of benzene rings is 1. The molecule has 1 aromatic rings. The lowest BCUT2D eigenvalue weighted by molar-refractivity contribution is -0.118. The van der Waals surface area contributed by atoms with E-state index in [1.807, 2.05) is 37.3 Å². The molecule has 19 heavy (non-hydrogen) atoms. The molecule has 0 aliphatic carbocycles. The number of carbonyl (C=O) groups excluding carboxylic acids is 1. The van der Waals surface area contributed by atoms with Crippen molar-refractivity contribution < 1.29 is 9.90 Å². The van der Waals surface area contributed by atoms with E-state index in [2.05, 4.69) is 12.2 Å². The molecule has 0 aromatic heterocycles. The topological polar surface area (TPSA) is 49.3 Å². The van der Waals surface area contributed by atoms with E-state index in [9.17, 15) is 9.90 Å². The van der Waals surface area contributed by atoms with E-state index in [4.69, 9.17) is 0 Å². The van der Waals surface area contributed by atoms with Crippen LogP contribution >= 0.6 is 0 Å². The van der Waals surface area contributed by atoms with Gasteiger partial charge in [0, 0.05) is 5.57 Å². The van der Waals surface area contributed by atoms with E-state index in [1.165, 1.54) is 5.56 Å². The van der Waals surface area contributed by atoms with E-state index < -0.39 is 0 Å². The van der Waals surface area contributed by atoms with E-state index in [0.29, 0.717) is 5.57 Å². The quantitative estimate of drug-likeness (QED) is 0.774. The van der Waals surface area contributed by atoms with Crippen molar-refractivity contribution in [3.8, 4) is 0 Å². The van der Waals surface area contributed by atoms with Crippen molar-refractivity contribution in [3.63, 3.8) is 0 Å². The highest BCUT2D eigenvalue weighted by Crippen LogP contribution is 2.14. The smallest absolute Gasteiger partial charge is 0.247 e. The highest BCUT2D eigenvalue weighted by atomic mass is 16.3. The number of hydrogen-bond donors (Lipinski definition) is 2. The summed E-state index contributed by atoms with van der Waals surface area (Å²) in [7, 11) is 0. The molecule has 0 aliphatic heterocycles. The molecule has 0 radical (unpaired) electrons. The average Bonchev–Trinajstić information content (AvgIpc) is 2.45. The maximum atomic E-state index is 11.9. The van der Waals surface area contributed by atoms with Crippen molar-refractivity contribution in [1.29, 1.82) is 0 Å². The van der Waals surface area contributed by atoms with Crippen LogP contribution in [0.3, 0.4) is 0 Å². The Bertz CT molecular complexity index is 435. The van der Waals surface area contributed by atoms with Gasteiger partial charge in [0.15, 0.2) is 0 Å². The Morgan fingerprint density at radius 2 is 1.95 bits per heavy atom. The number of amides is 1. The van der Waals surface area contributed by atoms with Crippen LogP contribution in [0.15, 0.2) is 35.9 Å². The van der Waals surface area contributed by atoms with Gasteiger partial charge in [0.05, 0.1) is 12.6 Å². The highest BCUT2D eigenvalue weighted by molar-refractivity contribution is 5.93. The van der Waals surface area contributed by atoms with Gasteiger partial charge in [0.1, 0.15) is 0 Å². The molecule has 0 saturated heterocycles. The molecule has 0 aliphatic rings. The first-order valence-corrected chi connectivity index (χ1v) is 6.79. The number of hydrogen-bond acceptors (Lipinski definition) is 2. The van der Waals surface area contributed by atoms with Crippen LogP contribution in [-0.2, 0) is 11.2 Å². The van der Waals surface area contributed by atoms with Crippen LogP contribution in [0.25, 0.3) is 0 Å². The molecule has 1 aromatic carbocycles. The highest BCUT2D eigenvalue weighted by Gasteiger charge is 2.14. The van der Waals surface area contributed by atoms with E-state index in [1.54, 1.807) is 6.92 Å². The summed E-state index contributed by atoms with van der Waals surface area (Å²) in [5.74, 6) is -0.125. The van der Waals surface area contributed by atoms with Gasteiger partial charge in [-0.05, 0) is 30.9 Å². The van der Waals surface area contributed by atoms with Crippen molar-refractivity contribution >= 4 is 5.91 Å². The second-order valence-electron chi connectivity index (χ2n) is 4.60. The second-order valence-corrected chi connectivity index (χ2v) is 4.60. The van der Waals surface area contributed by atoms with E-state index >= 15 is 0 Å². The number of aliphatic hydroxyl groups excluding tert-OH is 1. The van der Waals surface area contributed by atoms with Gasteiger partial charge < -0.3 is 10.4 Å². The SMILES string of the molecule is CC/C=C(/C)C(=O)NC(CO)c1ccc(CC)cc1. The predicted octanol–water partition coefficient (Wildman–Crippen LogP) is 2.75. The lowest BCUT2D eigenvalue weighted by Gasteiger charge is -2.17. The van der Waals surface area contributed by atoms with Crippen molar-refractivity contribution in [1.82, 2.24) is 5.32 Å². The average molecular weight is 261 g/mol. The molecule has 0 heterocycles. The summed E-state index contributed by atoms with van der Waals surface area (Å²) < 4.78 is 0. The Morgan fingerprint density at radius 1 is 1.32 bits per heavy atom. The van der Waals surface area contributed by atoms with Gasteiger partial charge >= 0.3 is 0 Å². The summed E-state index contributed by atoms with van der Waals surface area (Å²) in [5, 5.41) is 12.3. The zero-order chi connectivity index (χ0) is 14.3. The molecular formula is C16H23NO2. The summed E-state index contributed by atoms with van der Waals surface area (Å²) >= 11 is 0. The van der Waals surface area contributed by atoms with Gasteiger partial charge in [-0.25, -0.2) is 0 Å². The van der Waals surface area contributed by atoms with Gasteiger partial charge in [0.2, 0.25) is 5.91 Å². The fourth-order valence-electron chi connectivity index (χ4n) is 1.89. The van der Waals surface area contributed by atoms with Crippen LogP contribution in [-0.4, -0.2) is 17.6 Å². The number of allylic oxidation sites excluding steroid dienone is 1. The van der Waals surface area contributed by atoms with Crippen LogP contribution in [0.4, 0.5) is 0 Å². The third-order valence-electron chi connectivity index (χ3n) is 3.15. The van der Waals surface area contributed by atoms with E-state index in [-0.39, 0.29) is 18.6 Å². The normalized spacial score (nSPS) is 13.2. The minimum atomic E-state index is -0.349.